The molecule has 1 unspecified atom stereocenters. The van der Waals surface area contributed by atoms with Crippen LogP contribution in [0, 0.1) is 0 Å². The van der Waals surface area contributed by atoms with E-state index in [1.807, 2.05) is 0 Å². The summed E-state index contributed by atoms with van der Waals surface area (Å²) in [6.07, 6.45) is 21.3. The van der Waals surface area contributed by atoms with E-state index in [4.69, 9.17) is 11.5 Å². The molecule has 0 saturated carbocycles. The Morgan fingerprint density at radius 2 is 1.45 bits per heavy atom. The lowest BCUT2D eigenvalue weighted by molar-refractivity contribution is 0.551. The molecule has 4 N–H and O–H groups in total. The molecule has 0 bridgehead atoms. The van der Waals surface area contributed by atoms with Gasteiger partial charge in [-0.25, -0.2) is 0 Å². The Kier molecular flexibility index (Phi) is 16.4. The van der Waals surface area contributed by atoms with Crippen LogP contribution in [-0.2, 0) is 0 Å². The van der Waals surface area contributed by atoms with E-state index in [9.17, 15) is 0 Å². The minimum Gasteiger partial charge on any atom is -0.330 e. The molecule has 20 heavy (non-hydrogen) atoms. The number of hydrogen-bond acceptors (Lipinski definition) is 2. The first-order chi connectivity index (χ1) is 9.81. The van der Waals surface area contributed by atoms with Gasteiger partial charge < -0.3 is 11.5 Å². The predicted molar refractivity (Wildman–Crippen MR) is 91.9 cm³/mol. The quantitative estimate of drug-likeness (QED) is 0.331. The molecule has 0 aliphatic heterocycles. The van der Waals surface area contributed by atoms with Crippen LogP contribution < -0.4 is 11.5 Å². The molecule has 0 amide bonds. The zero-order valence-electron chi connectivity index (χ0n) is 13.8. The fourth-order valence-electron chi connectivity index (χ4n) is 2.45. The summed E-state index contributed by atoms with van der Waals surface area (Å²) in [6, 6.07) is 0.374. The molecule has 0 aliphatic carbocycles. The predicted octanol–water partition coefficient (Wildman–Crippen LogP) is 4.92. The number of hydrogen-bond donors (Lipinski definition) is 2. The molecule has 0 aliphatic rings. The molecule has 2 heteroatoms. The van der Waals surface area contributed by atoms with Gasteiger partial charge in [0.25, 0.3) is 0 Å². The van der Waals surface area contributed by atoms with Crippen LogP contribution in [0.4, 0.5) is 0 Å². The van der Waals surface area contributed by atoms with Crippen molar-refractivity contribution in [1.29, 1.82) is 0 Å². The third kappa shape index (κ3) is 15.7. The van der Waals surface area contributed by atoms with Crippen molar-refractivity contribution >= 4 is 0 Å². The lowest BCUT2D eigenvalue weighted by Gasteiger charge is -2.08. The van der Waals surface area contributed by atoms with E-state index in [-0.39, 0.29) is 0 Å². The second kappa shape index (κ2) is 16.7. The van der Waals surface area contributed by atoms with E-state index in [2.05, 4.69) is 19.1 Å². The van der Waals surface area contributed by atoms with Gasteiger partial charge in [-0.05, 0) is 38.6 Å². The van der Waals surface area contributed by atoms with Gasteiger partial charge in [0.15, 0.2) is 0 Å². The summed E-state index contributed by atoms with van der Waals surface area (Å²) in [5, 5.41) is 0. The summed E-state index contributed by atoms with van der Waals surface area (Å²) in [4.78, 5) is 0. The van der Waals surface area contributed by atoms with Crippen LogP contribution in [0.5, 0.6) is 0 Å². The van der Waals surface area contributed by atoms with E-state index in [0.717, 1.165) is 13.0 Å². The van der Waals surface area contributed by atoms with Crippen molar-refractivity contribution in [3.63, 3.8) is 0 Å². The van der Waals surface area contributed by atoms with Crippen molar-refractivity contribution in [3.05, 3.63) is 12.2 Å². The lowest BCUT2D eigenvalue weighted by Crippen LogP contribution is -2.18. The molecule has 0 saturated heterocycles. The van der Waals surface area contributed by atoms with Gasteiger partial charge in [0.05, 0.1) is 0 Å². The van der Waals surface area contributed by atoms with Gasteiger partial charge in [-0.2, -0.15) is 0 Å². The van der Waals surface area contributed by atoms with Crippen LogP contribution in [-0.4, -0.2) is 12.6 Å². The molecule has 1 atom stereocenters. The summed E-state index contributed by atoms with van der Waals surface area (Å²) >= 11 is 0. The first-order valence-electron chi connectivity index (χ1n) is 8.92. The Morgan fingerprint density at radius 3 is 2.15 bits per heavy atom. The first-order valence-corrected chi connectivity index (χ1v) is 8.92. The number of unbranched alkanes of at least 4 members (excludes halogenated alkanes) is 9. The molecule has 0 fully saturated rings. The molecule has 0 radical (unpaired) electrons. The lowest BCUT2D eigenvalue weighted by atomic mass is 10.0. The maximum atomic E-state index is 6.10. The topological polar surface area (TPSA) is 52.0 Å². The molecule has 0 aromatic rings. The fourth-order valence-corrected chi connectivity index (χ4v) is 2.45. The van der Waals surface area contributed by atoms with E-state index >= 15 is 0 Å². The van der Waals surface area contributed by atoms with Crippen molar-refractivity contribution in [2.45, 2.75) is 96.4 Å². The highest BCUT2D eigenvalue weighted by Gasteiger charge is 1.99. The molecular formula is C18H38N2. The maximum absolute atomic E-state index is 6.10. The summed E-state index contributed by atoms with van der Waals surface area (Å²) < 4.78 is 0. The van der Waals surface area contributed by atoms with Crippen LogP contribution in [0.3, 0.4) is 0 Å². The van der Waals surface area contributed by atoms with Crippen LogP contribution >= 0.6 is 0 Å². The Balaban J connectivity index is 3.21. The second-order valence-electron chi connectivity index (χ2n) is 6.02. The smallest absolute Gasteiger partial charge is 0.00734 e. The molecule has 0 spiro atoms. The van der Waals surface area contributed by atoms with Gasteiger partial charge >= 0.3 is 0 Å². The average Bonchev–Trinajstić information content (AvgIpc) is 2.45. The number of allylic oxidation sites excluding steroid dienone is 1. The molecule has 0 rings (SSSR count). The molecule has 120 valence electrons. The highest BCUT2D eigenvalue weighted by molar-refractivity contribution is 4.85. The minimum absolute atomic E-state index is 0.374. The zero-order valence-corrected chi connectivity index (χ0v) is 13.8. The average molecular weight is 283 g/mol. The van der Waals surface area contributed by atoms with E-state index in [0.29, 0.717) is 6.04 Å². The summed E-state index contributed by atoms with van der Waals surface area (Å²) in [7, 11) is 0. The number of nitrogens with two attached hydrogens (primary N) is 2. The highest BCUT2D eigenvalue weighted by Crippen LogP contribution is 2.09. The largest absolute Gasteiger partial charge is 0.330 e. The Morgan fingerprint density at radius 1 is 0.800 bits per heavy atom. The van der Waals surface area contributed by atoms with Crippen molar-refractivity contribution in [2.24, 2.45) is 11.5 Å². The first kappa shape index (κ1) is 19.7. The second-order valence-corrected chi connectivity index (χ2v) is 6.02. The molecular weight excluding hydrogens is 244 g/mol. The highest BCUT2D eigenvalue weighted by atomic mass is 14.6. The van der Waals surface area contributed by atoms with Crippen molar-refractivity contribution in [3.8, 4) is 0 Å². The van der Waals surface area contributed by atoms with Gasteiger partial charge in [-0.3, -0.25) is 0 Å². The van der Waals surface area contributed by atoms with Gasteiger partial charge in [0.2, 0.25) is 0 Å². The SMILES string of the molecule is CCCCCCC(N)C/C=C\CCCCCCCCN. The molecule has 2 nitrogen and oxygen atoms in total. The Labute approximate surface area is 127 Å². The van der Waals surface area contributed by atoms with E-state index < -0.39 is 0 Å². The molecule has 0 aromatic heterocycles. The van der Waals surface area contributed by atoms with Crippen molar-refractivity contribution in [1.82, 2.24) is 0 Å². The Hall–Kier alpha value is -0.340. The van der Waals surface area contributed by atoms with Gasteiger partial charge in [0, 0.05) is 6.04 Å². The van der Waals surface area contributed by atoms with Crippen LogP contribution in [0.2, 0.25) is 0 Å². The Bertz CT molecular complexity index is 202. The van der Waals surface area contributed by atoms with Crippen LogP contribution in [0.15, 0.2) is 12.2 Å². The standard InChI is InChI=1S/C18H38N2/c1-2-3-4-12-15-18(20)16-13-10-8-6-5-7-9-11-14-17-19/h10,13,18H,2-9,11-12,14-17,19-20H2,1H3/b13-10-. The summed E-state index contributed by atoms with van der Waals surface area (Å²) in [6.45, 7) is 3.10. The monoisotopic (exact) mass is 282 g/mol. The molecule has 0 aromatic carbocycles. The van der Waals surface area contributed by atoms with Gasteiger partial charge in [-0.1, -0.05) is 70.4 Å². The minimum atomic E-state index is 0.374. The van der Waals surface area contributed by atoms with E-state index in [1.54, 1.807) is 0 Å². The van der Waals surface area contributed by atoms with Gasteiger partial charge in [0.1, 0.15) is 0 Å². The van der Waals surface area contributed by atoms with Crippen molar-refractivity contribution in [2.75, 3.05) is 6.54 Å². The van der Waals surface area contributed by atoms with Crippen LogP contribution in [0.25, 0.3) is 0 Å². The van der Waals surface area contributed by atoms with E-state index in [1.165, 1.54) is 77.0 Å². The normalized spacial score (nSPS) is 13.2. The fraction of sp³-hybridized carbons (Fsp3) is 0.889. The summed E-state index contributed by atoms with van der Waals surface area (Å²) in [5.41, 5.74) is 11.6. The third-order valence-electron chi connectivity index (χ3n) is 3.86. The zero-order chi connectivity index (χ0) is 14.9. The van der Waals surface area contributed by atoms with Crippen molar-refractivity contribution < 1.29 is 0 Å². The maximum Gasteiger partial charge on any atom is 0.00734 e. The third-order valence-corrected chi connectivity index (χ3v) is 3.86. The van der Waals surface area contributed by atoms with Crippen LogP contribution in [0.1, 0.15) is 90.4 Å². The summed E-state index contributed by atoms with van der Waals surface area (Å²) in [5.74, 6) is 0. The molecule has 0 heterocycles. The van der Waals surface area contributed by atoms with Gasteiger partial charge in [-0.15, -0.1) is 0 Å². The number of rotatable bonds is 15.